The van der Waals surface area contributed by atoms with Crippen LogP contribution in [0.1, 0.15) is 6.92 Å². The molecule has 0 aromatic rings. The zero-order valence-corrected chi connectivity index (χ0v) is 6.09. The van der Waals surface area contributed by atoms with E-state index in [9.17, 15) is 9.59 Å². The van der Waals surface area contributed by atoms with Gasteiger partial charge in [0.05, 0.1) is 0 Å². The first-order valence-electron chi connectivity index (χ1n) is 2.16. The fraction of sp³-hybridized carbons (Fsp3) is 0.500. The number of esters is 1. The summed E-state index contributed by atoms with van der Waals surface area (Å²) in [6.07, 6.45) is -0.775. The molecule has 1 radical (unpaired) electrons. The second-order valence-corrected chi connectivity index (χ2v) is 1.49. The van der Waals surface area contributed by atoms with Gasteiger partial charge in [-0.2, -0.15) is 0 Å². The van der Waals surface area contributed by atoms with Crippen LogP contribution in [0.15, 0.2) is 0 Å². The molecule has 0 spiro atoms. The Labute approximate surface area is 63.8 Å². The van der Waals surface area contributed by atoms with Crippen LogP contribution in [0, 0.1) is 0 Å². The molecular formula is C4H4NO3V-. The van der Waals surface area contributed by atoms with Gasteiger partial charge in [0.2, 0.25) is 6.09 Å². The minimum absolute atomic E-state index is 0. The van der Waals surface area contributed by atoms with Crippen molar-refractivity contribution in [3.05, 3.63) is 5.32 Å². The molecule has 0 N–H and O–H groups in total. The third-order valence-electron chi connectivity index (χ3n) is 0.828. The van der Waals surface area contributed by atoms with Crippen LogP contribution in [0.25, 0.3) is 5.32 Å². The zero-order valence-electron chi connectivity index (χ0n) is 4.70. The number of carbonyl (C=O) groups excluding carboxylic acids is 2. The maximum absolute atomic E-state index is 10.2. The first-order chi connectivity index (χ1) is 3.70. The number of amides is 1. The number of nitrogens with zero attached hydrogens (tertiary/aromatic N) is 1. The van der Waals surface area contributed by atoms with Crippen molar-refractivity contribution in [3.8, 4) is 0 Å². The molecule has 5 heteroatoms. The van der Waals surface area contributed by atoms with Gasteiger partial charge in [0.15, 0.2) is 0 Å². The molecule has 1 amide bonds. The average Bonchev–Trinajstić information content (AvgIpc) is 1.85. The second-order valence-electron chi connectivity index (χ2n) is 1.49. The molecule has 1 rings (SSSR count). The van der Waals surface area contributed by atoms with E-state index >= 15 is 0 Å². The third kappa shape index (κ3) is 1.73. The molecule has 1 fully saturated rings. The minimum atomic E-state index is -0.775. The largest absolute Gasteiger partial charge is 0.605 e. The van der Waals surface area contributed by atoms with E-state index in [1.165, 1.54) is 6.92 Å². The average molecular weight is 165 g/mol. The monoisotopic (exact) mass is 165 g/mol. The van der Waals surface area contributed by atoms with Gasteiger partial charge in [-0.15, -0.1) is 0 Å². The van der Waals surface area contributed by atoms with E-state index < -0.39 is 18.1 Å². The number of ether oxygens (including phenoxy) is 1. The minimum Gasteiger partial charge on any atom is -0.605 e. The van der Waals surface area contributed by atoms with E-state index in [4.69, 9.17) is 0 Å². The fourth-order valence-electron chi connectivity index (χ4n) is 0.409. The predicted octanol–water partition coefficient (Wildman–Crippen LogP) is 0.423. The molecule has 0 saturated carbocycles. The van der Waals surface area contributed by atoms with Gasteiger partial charge >= 0.3 is 0 Å². The number of cyclic esters (lactones) is 2. The van der Waals surface area contributed by atoms with Gasteiger partial charge in [-0.05, 0) is 6.04 Å². The summed E-state index contributed by atoms with van der Waals surface area (Å²) in [7, 11) is 0. The van der Waals surface area contributed by atoms with Gasteiger partial charge in [0, 0.05) is 18.6 Å². The van der Waals surface area contributed by atoms with Crippen molar-refractivity contribution >= 4 is 12.1 Å². The fourth-order valence-corrected chi connectivity index (χ4v) is 0.409. The van der Waals surface area contributed by atoms with E-state index in [1.807, 2.05) is 0 Å². The van der Waals surface area contributed by atoms with Crippen molar-refractivity contribution in [1.29, 1.82) is 0 Å². The van der Waals surface area contributed by atoms with Gasteiger partial charge in [-0.3, -0.25) is 9.59 Å². The molecule has 1 atom stereocenters. The maximum Gasteiger partial charge on any atom is 0.297 e. The van der Waals surface area contributed by atoms with E-state index in [0.29, 0.717) is 0 Å². The summed E-state index contributed by atoms with van der Waals surface area (Å²) in [5.41, 5.74) is 0. The van der Waals surface area contributed by atoms with E-state index in [0.717, 1.165) is 0 Å². The number of carbonyl (C=O) groups is 2. The first kappa shape index (κ1) is 8.52. The van der Waals surface area contributed by atoms with Crippen LogP contribution >= 0.6 is 0 Å². The Morgan fingerprint density at radius 3 is 2.22 bits per heavy atom. The Kier molecular flexibility index (Phi) is 2.74. The van der Waals surface area contributed by atoms with Gasteiger partial charge in [0.1, 0.15) is 0 Å². The summed E-state index contributed by atoms with van der Waals surface area (Å²) in [6.45, 7) is 1.51. The van der Waals surface area contributed by atoms with Crippen molar-refractivity contribution in [3.63, 3.8) is 0 Å². The maximum atomic E-state index is 10.2. The Balaban J connectivity index is 0.000000640. The van der Waals surface area contributed by atoms with Crippen molar-refractivity contribution in [2.75, 3.05) is 0 Å². The smallest absolute Gasteiger partial charge is 0.297 e. The van der Waals surface area contributed by atoms with Crippen molar-refractivity contribution in [1.82, 2.24) is 0 Å². The molecule has 1 aliphatic rings. The van der Waals surface area contributed by atoms with Crippen LogP contribution in [0.5, 0.6) is 0 Å². The molecule has 1 saturated heterocycles. The van der Waals surface area contributed by atoms with E-state index in [-0.39, 0.29) is 18.6 Å². The molecule has 1 heterocycles. The molecule has 0 unspecified atom stereocenters. The van der Waals surface area contributed by atoms with E-state index in [1.54, 1.807) is 0 Å². The Morgan fingerprint density at radius 2 is 2.11 bits per heavy atom. The Morgan fingerprint density at radius 1 is 1.56 bits per heavy atom. The van der Waals surface area contributed by atoms with Crippen molar-refractivity contribution < 1.29 is 32.9 Å². The molecule has 0 aromatic carbocycles. The van der Waals surface area contributed by atoms with Crippen LogP contribution < -0.4 is 0 Å². The number of hydrogen-bond donors (Lipinski definition) is 0. The summed E-state index contributed by atoms with van der Waals surface area (Å²) in [5.74, 6) is -0.560. The molecule has 9 heavy (non-hydrogen) atoms. The first-order valence-corrected chi connectivity index (χ1v) is 2.16. The summed E-state index contributed by atoms with van der Waals surface area (Å²) < 4.78 is 4.03. The molecule has 49 valence electrons. The van der Waals surface area contributed by atoms with Crippen LogP contribution in [-0.4, -0.2) is 18.1 Å². The van der Waals surface area contributed by atoms with Crippen LogP contribution in [0.2, 0.25) is 0 Å². The molecule has 4 nitrogen and oxygen atoms in total. The Hall–Kier alpha value is -0.476. The zero-order chi connectivity index (χ0) is 6.15. The SMILES string of the molecule is C[C@H]1[N-]C(=O)OC1=O.[V]. The van der Waals surface area contributed by atoms with Gasteiger partial charge < -0.3 is 10.1 Å². The number of rotatable bonds is 0. The van der Waals surface area contributed by atoms with Gasteiger partial charge in [-0.25, -0.2) is 0 Å². The van der Waals surface area contributed by atoms with Crippen LogP contribution in [-0.2, 0) is 28.1 Å². The summed E-state index contributed by atoms with van der Waals surface area (Å²) in [5, 5.41) is 3.26. The van der Waals surface area contributed by atoms with E-state index in [2.05, 4.69) is 10.1 Å². The summed E-state index contributed by atoms with van der Waals surface area (Å²) in [6, 6.07) is -0.595. The number of hydrogen-bond acceptors (Lipinski definition) is 3. The topological polar surface area (TPSA) is 57.5 Å². The van der Waals surface area contributed by atoms with Crippen molar-refractivity contribution in [2.45, 2.75) is 13.0 Å². The molecular weight excluding hydrogens is 161 g/mol. The van der Waals surface area contributed by atoms with Crippen LogP contribution in [0.4, 0.5) is 4.79 Å². The molecule has 0 aliphatic carbocycles. The normalized spacial score (nSPS) is 24.3. The molecule has 1 aliphatic heterocycles. The standard InChI is InChI=1S/C4H5NO3.V/c1-2-3(6)8-4(7)5-2;/h2H,1H3,(H,5,7);/p-1/t2-;/m1./s1. The summed E-state index contributed by atoms with van der Waals surface area (Å²) >= 11 is 0. The predicted molar refractivity (Wildman–Crippen MR) is 24.3 cm³/mol. The van der Waals surface area contributed by atoms with Crippen LogP contribution in [0.3, 0.4) is 0 Å². The van der Waals surface area contributed by atoms with Gasteiger partial charge in [-0.1, -0.05) is 6.92 Å². The third-order valence-corrected chi connectivity index (χ3v) is 0.828. The molecule has 0 bridgehead atoms. The summed E-state index contributed by atoms with van der Waals surface area (Å²) in [4.78, 5) is 20.3. The van der Waals surface area contributed by atoms with Gasteiger partial charge in [0.25, 0.3) is 5.97 Å². The Bertz CT molecular complexity index is 147. The quantitative estimate of drug-likeness (QED) is 0.386. The molecule has 0 aromatic heterocycles. The van der Waals surface area contributed by atoms with Crippen molar-refractivity contribution in [2.24, 2.45) is 0 Å². The second kappa shape index (κ2) is 2.89.